The molecule has 102 valence electrons. The van der Waals surface area contributed by atoms with E-state index in [-0.39, 0.29) is 0 Å². The molecule has 2 aliphatic rings. The molecular weight excluding hydrogens is 248 g/mol. The third kappa shape index (κ3) is 3.28. The molecule has 1 fully saturated rings. The average Bonchev–Trinajstić information content (AvgIpc) is 2.23. The van der Waals surface area contributed by atoms with Gasteiger partial charge in [0.15, 0.2) is 0 Å². The lowest BCUT2D eigenvalue weighted by Crippen LogP contribution is -2.49. The van der Waals surface area contributed by atoms with E-state index in [4.69, 9.17) is 16.3 Å². The first-order chi connectivity index (χ1) is 8.58. The van der Waals surface area contributed by atoms with E-state index >= 15 is 0 Å². The number of hydrogen-bond donors (Lipinski definition) is 0. The van der Waals surface area contributed by atoms with Gasteiger partial charge in [0, 0.05) is 25.8 Å². The normalized spacial score (nSPS) is 21.1. The summed E-state index contributed by atoms with van der Waals surface area (Å²) < 4.78 is 5.21. The van der Waals surface area contributed by atoms with Crippen LogP contribution in [-0.4, -0.2) is 56.2 Å². The van der Waals surface area contributed by atoms with Gasteiger partial charge in [-0.1, -0.05) is 17.2 Å². The fourth-order valence-corrected chi connectivity index (χ4v) is 2.71. The van der Waals surface area contributed by atoms with Crippen molar-refractivity contribution in [2.24, 2.45) is 0 Å². The summed E-state index contributed by atoms with van der Waals surface area (Å²) in [5.74, 6) is 0. The van der Waals surface area contributed by atoms with E-state index in [0.717, 1.165) is 44.2 Å². The zero-order valence-corrected chi connectivity index (χ0v) is 12.3. The first kappa shape index (κ1) is 13.9. The van der Waals surface area contributed by atoms with Crippen LogP contribution in [0.1, 0.15) is 19.8 Å². The van der Waals surface area contributed by atoms with Crippen LogP contribution in [0.15, 0.2) is 22.4 Å². The van der Waals surface area contributed by atoms with Gasteiger partial charge in [0.1, 0.15) is 0 Å². The van der Waals surface area contributed by atoms with Gasteiger partial charge in [-0.15, -0.1) is 0 Å². The number of allylic oxidation sites excluding steroid dienone is 4. The molecule has 0 aromatic heterocycles. The first-order valence-corrected chi connectivity index (χ1v) is 7.00. The summed E-state index contributed by atoms with van der Waals surface area (Å²) in [6, 6.07) is 0.608. The molecule has 0 bridgehead atoms. The number of halogens is 1. The van der Waals surface area contributed by atoms with E-state index < -0.39 is 0 Å². The van der Waals surface area contributed by atoms with Crippen LogP contribution in [-0.2, 0) is 4.74 Å². The highest BCUT2D eigenvalue weighted by Gasteiger charge is 2.23. The van der Waals surface area contributed by atoms with Gasteiger partial charge in [0.05, 0.1) is 24.3 Å². The van der Waals surface area contributed by atoms with Crippen LogP contribution in [0.4, 0.5) is 0 Å². The van der Waals surface area contributed by atoms with E-state index in [9.17, 15) is 0 Å². The minimum Gasteiger partial charge on any atom is -0.378 e. The van der Waals surface area contributed by atoms with Crippen LogP contribution in [0, 0.1) is 0 Å². The van der Waals surface area contributed by atoms with Gasteiger partial charge >= 0.3 is 0 Å². The van der Waals surface area contributed by atoms with Crippen LogP contribution in [0.3, 0.4) is 0 Å². The van der Waals surface area contributed by atoms with Crippen LogP contribution >= 0.6 is 11.6 Å². The molecule has 2 rings (SSSR count). The van der Waals surface area contributed by atoms with Gasteiger partial charge in [-0.3, -0.25) is 4.90 Å². The fourth-order valence-electron chi connectivity index (χ4n) is 2.28. The Bertz CT molecular complexity index is 361. The fraction of sp³-hybridized carbons (Fsp3) is 0.714. The smallest absolute Gasteiger partial charge is 0.0645 e. The Labute approximate surface area is 115 Å². The number of ether oxygens (including phenoxy) is 1. The monoisotopic (exact) mass is 270 g/mol. The molecule has 1 aliphatic heterocycles. The van der Waals surface area contributed by atoms with E-state index in [1.807, 2.05) is 0 Å². The summed E-state index contributed by atoms with van der Waals surface area (Å²) in [7, 11) is 4.30. The molecule has 0 N–H and O–H groups in total. The molecule has 0 unspecified atom stereocenters. The van der Waals surface area contributed by atoms with Crippen molar-refractivity contribution in [1.29, 1.82) is 0 Å². The molecule has 0 radical (unpaired) electrons. The lowest BCUT2D eigenvalue weighted by Gasteiger charge is -2.36. The lowest BCUT2D eigenvalue weighted by atomic mass is 10.0. The standard InChI is InChI=1S/C14H23ClN2O/c1-11-4-5-14(13(15)8-11)17(3)7-6-16(2)12-9-18-10-12/h8,12H,4-7,9-10H2,1-3H3. The SMILES string of the molecule is CC1=CC(Cl)=C(N(C)CCN(C)C2COC2)CC1. The summed E-state index contributed by atoms with van der Waals surface area (Å²) in [5.41, 5.74) is 2.65. The number of hydrogen-bond acceptors (Lipinski definition) is 3. The molecule has 0 spiro atoms. The van der Waals surface area contributed by atoms with Crippen molar-refractivity contribution >= 4 is 11.6 Å². The second-order valence-corrected chi connectivity index (χ2v) is 5.79. The molecule has 4 heteroatoms. The van der Waals surface area contributed by atoms with Crippen LogP contribution in [0.5, 0.6) is 0 Å². The number of nitrogens with zero attached hydrogens (tertiary/aromatic N) is 2. The van der Waals surface area contributed by atoms with E-state index in [2.05, 4.69) is 36.9 Å². The van der Waals surface area contributed by atoms with Gasteiger partial charge in [-0.2, -0.15) is 0 Å². The van der Waals surface area contributed by atoms with Crippen molar-refractivity contribution in [2.75, 3.05) is 40.4 Å². The molecule has 1 heterocycles. The third-order valence-corrected chi connectivity index (χ3v) is 4.22. The lowest BCUT2D eigenvalue weighted by molar-refractivity contribution is -0.0567. The Morgan fingerprint density at radius 3 is 2.56 bits per heavy atom. The van der Waals surface area contributed by atoms with Crippen molar-refractivity contribution in [2.45, 2.75) is 25.8 Å². The molecular formula is C14H23ClN2O. The van der Waals surface area contributed by atoms with Crippen molar-refractivity contribution in [3.05, 3.63) is 22.4 Å². The number of likely N-dealkylation sites (N-methyl/N-ethyl adjacent to an activating group) is 2. The molecule has 0 atom stereocenters. The molecule has 1 saturated heterocycles. The van der Waals surface area contributed by atoms with Crippen molar-refractivity contribution in [3.63, 3.8) is 0 Å². The van der Waals surface area contributed by atoms with Crippen LogP contribution < -0.4 is 0 Å². The van der Waals surface area contributed by atoms with Crippen molar-refractivity contribution in [1.82, 2.24) is 9.80 Å². The van der Waals surface area contributed by atoms with Gasteiger partial charge in [-0.05, 0) is 32.9 Å². The molecule has 0 aromatic rings. The van der Waals surface area contributed by atoms with Crippen LogP contribution in [0.25, 0.3) is 0 Å². The first-order valence-electron chi connectivity index (χ1n) is 6.63. The predicted molar refractivity (Wildman–Crippen MR) is 75.7 cm³/mol. The molecule has 0 aromatic carbocycles. The van der Waals surface area contributed by atoms with E-state index in [1.165, 1.54) is 11.3 Å². The molecule has 0 amide bonds. The maximum absolute atomic E-state index is 6.32. The Hall–Kier alpha value is -0.510. The summed E-state index contributed by atoms with van der Waals surface area (Å²) in [6.07, 6.45) is 4.29. The largest absolute Gasteiger partial charge is 0.378 e. The van der Waals surface area contributed by atoms with Gasteiger partial charge in [0.2, 0.25) is 0 Å². The Kier molecular flexibility index (Phi) is 4.71. The molecule has 1 aliphatic carbocycles. The van der Waals surface area contributed by atoms with Gasteiger partial charge in [-0.25, -0.2) is 0 Å². The molecule has 18 heavy (non-hydrogen) atoms. The third-order valence-electron chi connectivity index (χ3n) is 3.90. The maximum Gasteiger partial charge on any atom is 0.0645 e. The highest BCUT2D eigenvalue weighted by Crippen LogP contribution is 2.27. The summed E-state index contributed by atoms with van der Waals surface area (Å²) >= 11 is 6.32. The number of rotatable bonds is 5. The Morgan fingerprint density at radius 2 is 2.00 bits per heavy atom. The Balaban J connectivity index is 1.84. The zero-order chi connectivity index (χ0) is 13.1. The van der Waals surface area contributed by atoms with E-state index in [0.29, 0.717) is 6.04 Å². The zero-order valence-electron chi connectivity index (χ0n) is 11.6. The Morgan fingerprint density at radius 1 is 1.28 bits per heavy atom. The quantitative estimate of drug-likeness (QED) is 0.763. The topological polar surface area (TPSA) is 15.7 Å². The molecule has 3 nitrogen and oxygen atoms in total. The minimum atomic E-state index is 0.608. The van der Waals surface area contributed by atoms with Crippen molar-refractivity contribution < 1.29 is 4.74 Å². The average molecular weight is 271 g/mol. The minimum absolute atomic E-state index is 0.608. The molecule has 0 saturated carbocycles. The summed E-state index contributed by atoms with van der Waals surface area (Å²) in [4.78, 5) is 4.67. The van der Waals surface area contributed by atoms with Gasteiger partial charge < -0.3 is 9.64 Å². The second-order valence-electron chi connectivity index (χ2n) is 5.38. The highest BCUT2D eigenvalue weighted by atomic mass is 35.5. The van der Waals surface area contributed by atoms with E-state index in [1.54, 1.807) is 0 Å². The maximum atomic E-state index is 6.32. The second kappa shape index (κ2) is 6.09. The predicted octanol–water partition coefficient (Wildman–Crippen LogP) is 2.44. The van der Waals surface area contributed by atoms with Crippen molar-refractivity contribution in [3.8, 4) is 0 Å². The van der Waals surface area contributed by atoms with Crippen LogP contribution in [0.2, 0.25) is 0 Å². The summed E-state index contributed by atoms with van der Waals surface area (Å²) in [5, 5.41) is 0.913. The highest BCUT2D eigenvalue weighted by molar-refractivity contribution is 6.31. The summed E-state index contributed by atoms with van der Waals surface area (Å²) in [6.45, 7) is 5.98. The van der Waals surface area contributed by atoms with Gasteiger partial charge in [0.25, 0.3) is 0 Å².